The molecule has 5 rings (SSSR count). The van der Waals surface area contributed by atoms with Gasteiger partial charge in [-0.1, -0.05) is 24.3 Å². The number of aryl methyl sites for hydroxylation is 1. The molecule has 126 valence electrons. The maximum absolute atomic E-state index is 6.00. The molecule has 1 aliphatic heterocycles. The lowest BCUT2D eigenvalue weighted by Crippen LogP contribution is -2.43. The van der Waals surface area contributed by atoms with Crippen LogP contribution in [0.2, 0.25) is 0 Å². The van der Waals surface area contributed by atoms with Crippen LogP contribution in [0.5, 0.6) is 0 Å². The molecule has 2 nitrogen and oxygen atoms in total. The van der Waals surface area contributed by atoms with Gasteiger partial charge in [0.15, 0.2) is 5.79 Å². The third-order valence-electron chi connectivity index (χ3n) is 6.47. The van der Waals surface area contributed by atoms with Crippen molar-refractivity contribution in [2.45, 2.75) is 56.1 Å². The first-order chi connectivity index (χ1) is 11.7. The van der Waals surface area contributed by atoms with Crippen LogP contribution < -0.4 is 0 Å². The van der Waals surface area contributed by atoms with Crippen LogP contribution in [0.15, 0.2) is 36.4 Å². The Morgan fingerprint density at radius 2 is 1.71 bits per heavy atom. The maximum Gasteiger partial charge on any atom is 0.168 e. The average Bonchev–Trinajstić information content (AvgIpc) is 3.30. The van der Waals surface area contributed by atoms with Crippen LogP contribution in [0.3, 0.4) is 0 Å². The van der Waals surface area contributed by atoms with Crippen LogP contribution in [0, 0.1) is 6.92 Å². The quantitative estimate of drug-likeness (QED) is 0.731. The zero-order chi connectivity index (χ0) is 16.2. The fourth-order valence-electron chi connectivity index (χ4n) is 5.28. The summed E-state index contributed by atoms with van der Waals surface area (Å²) in [5.41, 5.74) is 3.42. The average molecular weight is 340 g/mol. The first kappa shape index (κ1) is 15.1. The molecule has 3 aliphatic rings. The largest absolute Gasteiger partial charge is 0.348 e. The summed E-state index contributed by atoms with van der Waals surface area (Å²) in [6.07, 6.45) is 5.59. The topological polar surface area (TPSA) is 18.5 Å². The molecule has 24 heavy (non-hydrogen) atoms. The van der Waals surface area contributed by atoms with Gasteiger partial charge in [-0.05, 0) is 49.4 Å². The third-order valence-corrected chi connectivity index (χ3v) is 7.58. The maximum atomic E-state index is 6.00. The second kappa shape index (κ2) is 5.42. The molecule has 0 N–H and O–H groups in total. The Labute approximate surface area is 147 Å². The zero-order valence-corrected chi connectivity index (χ0v) is 15.0. The van der Waals surface area contributed by atoms with Crippen molar-refractivity contribution in [1.29, 1.82) is 0 Å². The minimum Gasteiger partial charge on any atom is -0.348 e. The second-order valence-electron chi connectivity index (χ2n) is 7.63. The first-order valence-corrected chi connectivity index (χ1v) is 9.95. The lowest BCUT2D eigenvalue weighted by molar-refractivity contribution is -0.186. The van der Waals surface area contributed by atoms with Crippen LogP contribution in [0.1, 0.15) is 52.5 Å². The number of benzene rings is 1. The van der Waals surface area contributed by atoms with Gasteiger partial charge in [0.25, 0.3) is 0 Å². The van der Waals surface area contributed by atoms with Crippen LogP contribution in [-0.2, 0) is 21.3 Å². The SMILES string of the molecule is Cc1ccc(C2Cc3ccccc3C23CCC2(CC3)OCCO2)s1. The fraction of sp³-hybridized carbons (Fsp3) is 0.524. The molecule has 1 aromatic carbocycles. The number of ether oxygens (including phenoxy) is 2. The van der Waals surface area contributed by atoms with Gasteiger partial charge in [0.2, 0.25) is 0 Å². The Bertz CT molecular complexity index is 747. The van der Waals surface area contributed by atoms with E-state index in [9.17, 15) is 0 Å². The van der Waals surface area contributed by atoms with Crippen molar-refractivity contribution in [3.05, 3.63) is 57.3 Å². The summed E-state index contributed by atoms with van der Waals surface area (Å²) < 4.78 is 12.0. The van der Waals surface area contributed by atoms with Crippen LogP contribution in [-0.4, -0.2) is 19.0 Å². The molecule has 0 radical (unpaired) electrons. The Hall–Kier alpha value is -1.16. The molecule has 2 fully saturated rings. The van der Waals surface area contributed by atoms with Crippen LogP contribution >= 0.6 is 11.3 Å². The minimum absolute atomic E-state index is 0.272. The number of hydrogen-bond acceptors (Lipinski definition) is 3. The Kier molecular flexibility index (Phi) is 3.41. The summed E-state index contributed by atoms with van der Waals surface area (Å²) in [6, 6.07) is 13.8. The van der Waals surface area contributed by atoms with E-state index < -0.39 is 0 Å². The fourth-order valence-corrected chi connectivity index (χ4v) is 6.38. The predicted octanol–water partition coefficient (Wildman–Crippen LogP) is 4.95. The number of thiophene rings is 1. The van der Waals surface area contributed by atoms with Gasteiger partial charge in [0.1, 0.15) is 0 Å². The molecule has 1 aromatic heterocycles. The lowest BCUT2D eigenvalue weighted by atomic mass is 9.63. The molecule has 0 amide bonds. The van der Waals surface area contributed by atoms with E-state index >= 15 is 0 Å². The Morgan fingerprint density at radius 3 is 2.42 bits per heavy atom. The molecule has 0 bridgehead atoms. The molecule has 3 heteroatoms. The van der Waals surface area contributed by atoms with E-state index in [-0.39, 0.29) is 11.2 Å². The molecule has 2 aliphatic carbocycles. The molecule has 2 heterocycles. The summed E-state index contributed by atoms with van der Waals surface area (Å²) in [4.78, 5) is 2.98. The van der Waals surface area contributed by atoms with Crippen LogP contribution in [0.25, 0.3) is 0 Å². The van der Waals surface area contributed by atoms with Gasteiger partial charge in [-0.2, -0.15) is 0 Å². The summed E-state index contributed by atoms with van der Waals surface area (Å²) >= 11 is 1.98. The van der Waals surface area contributed by atoms with E-state index in [1.165, 1.54) is 24.1 Å². The molecule has 1 atom stereocenters. The second-order valence-corrected chi connectivity index (χ2v) is 8.95. The van der Waals surface area contributed by atoms with Crippen molar-refractivity contribution in [2.24, 2.45) is 0 Å². The lowest BCUT2D eigenvalue weighted by Gasteiger charge is -2.45. The van der Waals surface area contributed by atoms with Crippen LogP contribution in [0.4, 0.5) is 0 Å². The monoisotopic (exact) mass is 340 g/mol. The minimum atomic E-state index is -0.279. The van der Waals surface area contributed by atoms with Crippen molar-refractivity contribution in [1.82, 2.24) is 0 Å². The van der Waals surface area contributed by atoms with E-state index in [0.29, 0.717) is 5.92 Å². The Morgan fingerprint density at radius 1 is 0.958 bits per heavy atom. The van der Waals surface area contributed by atoms with Gasteiger partial charge in [-0.3, -0.25) is 0 Å². The predicted molar refractivity (Wildman–Crippen MR) is 96.7 cm³/mol. The third kappa shape index (κ3) is 2.15. The smallest absolute Gasteiger partial charge is 0.168 e. The first-order valence-electron chi connectivity index (χ1n) is 9.14. The summed E-state index contributed by atoms with van der Waals surface area (Å²) in [6.45, 7) is 3.74. The van der Waals surface area contributed by atoms with Gasteiger partial charge >= 0.3 is 0 Å². The van der Waals surface area contributed by atoms with E-state index in [1.807, 2.05) is 11.3 Å². The highest BCUT2D eigenvalue weighted by Crippen LogP contribution is 2.59. The number of fused-ring (bicyclic) bond motifs is 2. The highest BCUT2D eigenvalue weighted by atomic mass is 32.1. The van der Waals surface area contributed by atoms with Gasteiger partial charge < -0.3 is 9.47 Å². The molecule has 2 spiro atoms. The Balaban J connectivity index is 1.55. The van der Waals surface area contributed by atoms with E-state index in [4.69, 9.17) is 9.47 Å². The van der Waals surface area contributed by atoms with Gasteiger partial charge in [0.05, 0.1) is 13.2 Å². The number of rotatable bonds is 1. The van der Waals surface area contributed by atoms with Crippen molar-refractivity contribution in [3.8, 4) is 0 Å². The van der Waals surface area contributed by atoms with Crippen molar-refractivity contribution in [2.75, 3.05) is 13.2 Å². The van der Waals surface area contributed by atoms with Gasteiger partial charge in [-0.25, -0.2) is 0 Å². The van der Waals surface area contributed by atoms with Gasteiger partial charge in [-0.15, -0.1) is 11.3 Å². The zero-order valence-electron chi connectivity index (χ0n) is 14.2. The summed E-state index contributed by atoms with van der Waals surface area (Å²) in [7, 11) is 0. The molecule has 2 aromatic rings. The number of hydrogen-bond donors (Lipinski definition) is 0. The molecule has 1 saturated heterocycles. The van der Waals surface area contributed by atoms with E-state index in [2.05, 4.69) is 43.3 Å². The van der Waals surface area contributed by atoms with Crippen molar-refractivity contribution < 1.29 is 9.47 Å². The molecule has 1 saturated carbocycles. The van der Waals surface area contributed by atoms with Gasteiger partial charge in [0, 0.05) is 33.9 Å². The molecular formula is C21H24O2S. The molecular weight excluding hydrogens is 316 g/mol. The van der Waals surface area contributed by atoms with Crippen molar-refractivity contribution in [3.63, 3.8) is 0 Å². The summed E-state index contributed by atoms with van der Waals surface area (Å²) in [5, 5.41) is 0. The van der Waals surface area contributed by atoms with E-state index in [0.717, 1.165) is 26.1 Å². The molecule has 1 unspecified atom stereocenters. The van der Waals surface area contributed by atoms with Crippen molar-refractivity contribution >= 4 is 11.3 Å². The normalized spacial score (nSPS) is 27.0. The van der Waals surface area contributed by atoms with E-state index in [1.54, 1.807) is 16.0 Å². The standard InChI is InChI=1S/C21H24O2S/c1-15-6-7-19(24-15)18-14-16-4-2-3-5-17(16)20(18)8-10-21(11-9-20)22-12-13-23-21/h2-7,18H,8-14H2,1H3. The highest BCUT2D eigenvalue weighted by molar-refractivity contribution is 7.12. The highest BCUT2D eigenvalue weighted by Gasteiger charge is 2.53. The summed E-state index contributed by atoms with van der Waals surface area (Å²) in [5.74, 6) is 0.339.